The fourth-order valence-electron chi connectivity index (χ4n) is 8.12. The number of carbonyl (C=O) groups is 1. The number of piperidine rings is 3. The summed E-state index contributed by atoms with van der Waals surface area (Å²) in [4.78, 5) is 18.4. The van der Waals surface area contributed by atoms with E-state index < -0.39 is 0 Å². The first-order chi connectivity index (χ1) is 14.7. The van der Waals surface area contributed by atoms with Gasteiger partial charge in [0.25, 0.3) is 0 Å². The molecule has 1 aromatic rings. The molecule has 30 heavy (non-hydrogen) atoms. The molecular weight excluding hydrogens is 380 g/mol. The fraction of sp³-hybridized carbons (Fsp3) is 0.625. The zero-order valence-electron chi connectivity index (χ0n) is 17.6. The summed E-state index contributed by atoms with van der Waals surface area (Å²) in [5.74, 6) is 2.57. The normalized spacial score (nSPS) is 40.5. The number of hydrogen-bond acceptors (Lipinski definition) is 5. The van der Waals surface area contributed by atoms with Crippen molar-refractivity contribution >= 4 is 11.6 Å². The van der Waals surface area contributed by atoms with Gasteiger partial charge >= 0.3 is 0 Å². The van der Waals surface area contributed by atoms with Crippen molar-refractivity contribution in [2.45, 2.75) is 49.3 Å². The van der Waals surface area contributed by atoms with E-state index in [4.69, 9.17) is 14.2 Å². The fourth-order valence-corrected chi connectivity index (χ4v) is 8.12. The number of anilines is 1. The first kappa shape index (κ1) is 17.6. The predicted octanol–water partition coefficient (Wildman–Crippen LogP) is 2.50. The molecule has 1 spiro atoms. The number of hydrogen-bond donors (Lipinski definition) is 0. The van der Waals surface area contributed by atoms with E-state index in [1.165, 1.54) is 18.4 Å². The van der Waals surface area contributed by atoms with E-state index in [1.807, 2.05) is 0 Å². The molecular formula is C24H28N2O4. The lowest BCUT2D eigenvalue weighted by atomic mass is 9.50. The van der Waals surface area contributed by atoms with Gasteiger partial charge < -0.3 is 19.1 Å². The number of ether oxygens (including phenoxy) is 3. The Balaban J connectivity index is 1.52. The number of benzene rings is 1. The Hall–Kier alpha value is -2.05. The zero-order chi connectivity index (χ0) is 20.2. The van der Waals surface area contributed by atoms with Crippen LogP contribution in [0.2, 0.25) is 0 Å². The van der Waals surface area contributed by atoms with Gasteiger partial charge in [-0.2, -0.15) is 0 Å². The Bertz CT molecular complexity index is 990. The van der Waals surface area contributed by atoms with E-state index in [1.54, 1.807) is 19.8 Å². The molecule has 1 aliphatic carbocycles. The van der Waals surface area contributed by atoms with Crippen LogP contribution in [0.1, 0.15) is 31.2 Å². The number of carbonyl (C=O) groups excluding carboxylic acids is 1. The molecule has 4 fully saturated rings. The van der Waals surface area contributed by atoms with E-state index >= 15 is 0 Å². The van der Waals surface area contributed by atoms with E-state index in [9.17, 15) is 4.79 Å². The van der Waals surface area contributed by atoms with Crippen LogP contribution in [0.4, 0.5) is 5.69 Å². The highest BCUT2D eigenvalue weighted by Gasteiger charge is 2.70. The van der Waals surface area contributed by atoms with Crippen molar-refractivity contribution in [1.82, 2.24) is 4.90 Å². The SMILES string of the molecule is COc1cc2c(cc1OC)[C@@]13CCCN4CC5=CCO[C@H]6CC(=O)N2[C@H]1C6[C@H]5C[C@@H]43. The van der Waals surface area contributed by atoms with E-state index in [2.05, 4.69) is 28.0 Å². The van der Waals surface area contributed by atoms with Gasteiger partial charge in [0.05, 0.1) is 45.1 Å². The molecule has 0 aromatic heterocycles. The smallest absolute Gasteiger partial charge is 0.229 e. The minimum absolute atomic E-state index is 0.0295. The minimum atomic E-state index is -0.0398. The lowest BCUT2D eigenvalue weighted by Crippen LogP contribution is -2.73. The highest BCUT2D eigenvalue weighted by atomic mass is 16.5. The van der Waals surface area contributed by atoms with Gasteiger partial charge in [0, 0.05) is 30.0 Å². The van der Waals surface area contributed by atoms with E-state index in [0.717, 1.165) is 30.9 Å². The van der Waals surface area contributed by atoms with Gasteiger partial charge in [0.2, 0.25) is 5.91 Å². The van der Waals surface area contributed by atoms with Crippen LogP contribution < -0.4 is 14.4 Å². The van der Waals surface area contributed by atoms with Crippen LogP contribution in [0, 0.1) is 11.8 Å². The second-order valence-corrected chi connectivity index (χ2v) is 9.84. The average molecular weight is 408 g/mol. The van der Waals surface area contributed by atoms with Crippen molar-refractivity contribution in [2.24, 2.45) is 11.8 Å². The predicted molar refractivity (Wildman–Crippen MR) is 111 cm³/mol. The minimum Gasteiger partial charge on any atom is -0.493 e. The third kappa shape index (κ3) is 1.87. The summed E-state index contributed by atoms with van der Waals surface area (Å²) in [5, 5.41) is 0. The topological polar surface area (TPSA) is 51.2 Å². The third-order valence-corrected chi connectivity index (χ3v) is 9.04. The summed E-state index contributed by atoms with van der Waals surface area (Å²) in [6.07, 6.45) is 6.31. The van der Waals surface area contributed by atoms with Crippen LogP contribution in [-0.2, 0) is 14.9 Å². The van der Waals surface area contributed by atoms with Gasteiger partial charge in [-0.1, -0.05) is 11.6 Å². The molecule has 1 amide bonds. The summed E-state index contributed by atoms with van der Waals surface area (Å²) in [6.45, 7) is 2.86. The Kier molecular flexibility index (Phi) is 3.40. The molecule has 2 bridgehead atoms. The standard InChI is InChI=1S/C24H28N2O4/c1-28-17-9-15-16(10-18(17)29-2)26-21(27)11-19-22-14-8-20-24(15,23(22)26)5-3-6-25(20)12-13(14)4-7-30-19/h4,9-10,14,19-20,22-23H,3,5-8,11-12H2,1-2H3/t14-,19-,20+,22?,23-,24+/m0/s1. The maximum Gasteiger partial charge on any atom is 0.229 e. The molecule has 1 saturated carbocycles. The van der Waals surface area contributed by atoms with Gasteiger partial charge in [-0.05, 0) is 43.4 Å². The second kappa shape index (κ2) is 5.80. The molecule has 1 unspecified atom stereocenters. The average Bonchev–Trinajstić information content (AvgIpc) is 2.92. The largest absolute Gasteiger partial charge is 0.493 e. The second-order valence-electron chi connectivity index (χ2n) is 9.84. The van der Waals surface area contributed by atoms with Crippen molar-refractivity contribution in [2.75, 3.05) is 38.8 Å². The molecule has 6 atom stereocenters. The monoisotopic (exact) mass is 408 g/mol. The molecule has 158 valence electrons. The maximum absolute atomic E-state index is 13.5. The maximum atomic E-state index is 13.5. The van der Waals surface area contributed by atoms with Crippen molar-refractivity contribution in [1.29, 1.82) is 0 Å². The molecule has 6 nitrogen and oxygen atoms in total. The van der Waals surface area contributed by atoms with Gasteiger partial charge in [0.15, 0.2) is 11.5 Å². The van der Waals surface area contributed by atoms with Crippen molar-refractivity contribution < 1.29 is 19.0 Å². The Morgan fingerprint density at radius 3 is 2.87 bits per heavy atom. The summed E-state index contributed by atoms with van der Waals surface area (Å²) >= 11 is 0. The van der Waals surface area contributed by atoms with Gasteiger partial charge in [-0.25, -0.2) is 0 Å². The highest BCUT2D eigenvalue weighted by Crippen LogP contribution is 2.65. The van der Waals surface area contributed by atoms with Crippen molar-refractivity contribution in [3.05, 3.63) is 29.3 Å². The summed E-state index contributed by atoms with van der Waals surface area (Å²) in [5.41, 5.74) is 3.85. The highest BCUT2D eigenvalue weighted by molar-refractivity contribution is 5.99. The molecule has 5 heterocycles. The van der Waals surface area contributed by atoms with E-state index in [0.29, 0.717) is 36.7 Å². The Morgan fingerprint density at radius 2 is 2.03 bits per heavy atom. The lowest BCUT2D eigenvalue weighted by molar-refractivity contribution is -0.137. The Morgan fingerprint density at radius 1 is 1.20 bits per heavy atom. The summed E-state index contributed by atoms with van der Waals surface area (Å²) in [6, 6.07) is 4.88. The lowest BCUT2D eigenvalue weighted by Gasteiger charge is -2.64. The number of methoxy groups -OCH3 is 2. The molecule has 0 N–H and O–H groups in total. The van der Waals surface area contributed by atoms with E-state index in [-0.39, 0.29) is 23.5 Å². The number of nitrogens with zero attached hydrogens (tertiary/aromatic N) is 2. The van der Waals surface area contributed by atoms with Gasteiger partial charge in [-0.15, -0.1) is 0 Å². The van der Waals surface area contributed by atoms with Crippen molar-refractivity contribution in [3.8, 4) is 11.5 Å². The first-order valence-corrected chi connectivity index (χ1v) is 11.3. The summed E-state index contributed by atoms with van der Waals surface area (Å²) in [7, 11) is 3.37. The van der Waals surface area contributed by atoms with Crippen LogP contribution in [0.5, 0.6) is 11.5 Å². The molecule has 5 aliphatic heterocycles. The molecule has 0 radical (unpaired) electrons. The first-order valence-electron chi connectivity index (χ1n) is 11.3. The zero-order valence-corrected chi connectivity index (χ0v) is 17.6. The quantitative estimate of drug-likeness (QED) is 0.704. The van der Waals surface area contributed by atoms with Crippen molar-refractivity contribution in [3.63, 3.8) is 0 Å². The van der Waals surface area contributed by atoms with Crippen LogP contribution in [0.3, 0.4) is 0 Å². The van der Waals surface area contributed by atoms with Crippen LogP contribution in [0.25, 0.3) is 0 Å². The molecule has 3 saturated heterocycles. The number of fused-ring (bicyclic) bond motifs is 2. The molecule has 7 rings (SSSR count). The van der Waals surface area contributed by atoms with Crippen LogP contribution in [-0.4, -0.2) is 62.9 Å². The molecule has 6 heteroatoms. The molecule has 6 aliphatic rings. The number of rotatable bonds is 2. The number of amides is 1. The van der Waals surface area contributed by atoms with Crippen LogP contribution >= 0.6 is 0 Å². The van der Waals surface area contributed by atoms with Gasteiger partial charge in [0.1, 0.15) is 0 Å². The third-order valence-electron chi connectivity index (χ3n) is 9.04. The Labute approximate surface area is 176 Å². The van der Waals surface area contributed by atoms with Crippen LogP contribution in [0.15, 0.2) is 23.8 Å². The molecule has 1 aromatic carbocycles. The summed E-state index contributed by atoms with van der Waals surface area (Å²) < 4.78 is 17.7. The van der Waals surface area contributed by atoms with Gasteiger partial charge in [-0.3, -0.25) is 9.69 Å².